The van der Waals surface area contributed by atoms with Crippen LogP contribution in [0.1, 0.15) is 5.56 Å². The molecule has 0 bridgehead atoms. The molecule has 1 aromatic carbocycles. The largest absolute Gasteiger partial charge is 0.333 e. The molecule has 106 valence electrons. The number of rotatable bonds is 4. The Balaban J connectivity index is 1.96. The van der Waals surface area contributed by atoms with Crippen LogP contribution in [0.4, 0.5) is 9.18 Å². The summed E-state index contributed by atoms with van der Waals surface area (Å²) in [4.78, 5) is 13.7. The molecule has 2 rings (SSSR count). The van der Waals surface area contributed by atoms with Crippen LogP contribution in [0.25, 0.3) is 0 Å². The maximum absolute atomic E-state index is 12.9. The van der Waals surface area contributed by atoms with Crippen molar-refractivity contribution in [2.75, 3.05) is 19.6 Å². The van der Waals surface area contributed by atoms with Crippen LogP contribution in [0.3, 0.4) is 0 Å². The summed E-state index contributed by atoms with van der Waals surface area (Å²) >= 11 is 0. The number of benzene rings is 1. The molecule has 20 heavy (non-hydrogen) atoms. The highest BCUT2D eigenvalue weighted by Gasteiger charge is 2.20. The van der Waals surface area contributed by atoms with Crippen LogP contribution in [0, 0.1) is 18.2 Å². The van der Waals surface area contributed by atoms with Gasteiger partial charge in [-0.3, -0.25) is 10.9 Å². The quantitative estimate of drug-likeness (QED) is 0.700. The molecule has 0 spiro atoms. The van der Waals surface area contributed by atoms with Gasteiger partial charge >= 0.3 is 6.03 Å². The average Bonchev–Trinajstić information content (AvgIpc) is 2.93. The number of carbonyl (C=O) groups excluding carboxylic acids is 1. The fourth-order valence-electron chi connectivity index (χ4n) is 1.95. The van der Waals surface area contributed by atoms with E-state index in [4.69, 9.17) is 6.42 Å². The Morgan fingerprint density at radius 1 is 1.40 bits per heavy atom. The van der Waals surface area contributed by atoms with Crippen molar-refractivity contribution in [1.82, 2.24) is 21.1 Å². The first kappa shape index (κ1) is 14.3. The third kappa shape index (κ3) is 3.95. The van der Waals surface area contributed by atoms with E-state index in [1.807, 2.05) is 0 Å². The molecular weight excluding hydrogens is 259 g/mol. The van der Waals surface area contributed by atoms with Crippen molar-refractivity contribution >= 4 is 6.03 Å². The minimum Gasteiger partial charge on any atom is -0.333 e. The van der Waals surface area contributed by atoms with Crippen molar-refractivity contribution in [3.8, 4) is 12.3 Å². The van der Waals surface area contributed by atoms with Gasteiger partial charge in [0.2, 0.25) is 0 Å². The van der Waals surface area contributed by atoms with Gasteiger partial charge in [-0.1, -0.05) is 18.1 Å². The standard InChI is InChI=1S/C14H17FN4O/c1-2-7-19(10-11-3-5-12(15)6-4-11)14(20)18-13-8-16-17-9-13/h1,3-6,13,16-17H,7-10H2,(H,18,20). The van der Waals surface area contributed by atoms with E-state index in [1.54, 1.807) is 12.1 Å². The molecule has 2 amide bonds. The molecule has 1 aromatic rings. The van der Waals surface area contributed by atoms with Crippen LogP contribution in [-0.2, 0) is 6.54 Å². The fraction of sp³-hybridized carbons (Fsp3) is 0.357. The van der Waals surface area contributed by atoms with Gasteiger partial charge in [0.25, 0.3) is 0 Å². The molecule has 0 atom stereocenters. The smallest absolute Gasteiger partial charge is 0.318 e. The summed E-state index contributed by atoms with van der Waals surface area (Å²) in [7, 11) is 0. The van der Waals surface area contributed by atoms with Crippen LogP contribution in [0.2, 0.25) is 0 Å². The Morgan fingerprint density at radius 2 is 2.05 bits per heavy atom. The maximum atomic E-state index is 12.9. The number of carbonyl (C=O) groups is 1. The fourth-order valence-corrected chi connectivity index (χ4v) is 1.95. The zero-order valence-electron chi connectivity index (χ0n) is 11.0. The summed E-state index contributed by atoms with van der Waals surface area (Å²) in [6.07, 6.45) is 5.30. The van der Waals surface area contributed by atoms with Crippen molar-refractivity contribution in [2.45, 2.75) is 12.6 Å². The Bertz CT molecular complexity index is 491. The van der Waals surface area contributed by atoms with Crippen molar-refractivity contribution in [3.05, 3.63) is 35.6 Å². The van der Waals surface area contributed by atoms with E-state index >= 15 is 0 Å². The lowest BCUT2D eigenvalue weighted by Gasteiger charge is -2.23. The van der Waals surface area contributed by atoms with E-state index < -0.39 is 0 Å². The lowest BCUT2D eigenvalue weighted by atomic mass is 10.2. The zero-order valence-corrected chi connectivity index (χ0v) is 11.0. The number of hydrogen-bond acceptors (Lipinski definition) is 3. The zero-order chi connectivity index (χ0) is 14.4. The van der Waals surface area contributed by atoms with Gasteiger partial charge < -0.3 is 10.2 Å². The predicted octanol–water partition coefficient (Wildman–Crippen LogP) is 0.447. The Morgan fingerprint density at radius 3 is 2.65 bits per heavy atom. The second-order valence-electron chi connectivity index (χ2n) is 4.59. The number of urea groups is 1. The molecule has 1 aliphatic heterocycles. The molecule has 5 nitrogen and oxygen atoms in total. The van der Waals surface area contributed by atoms with Gasteiger partial charge in [-0.15, -0.1) is 6.42 Å². The Kier molecular flexibility index (Phi) is 4.93. The number of terminal acetylenes is 1. The van der Waals surface area contributed by atoms with Gasteiger partial charge in [0, 0.05) is 19.6 Å². The third-order valence-electron chi connectivity index (χ3n) is 3.01. The number of halogens is 1. The Labute approximate surface area is 117 Å². The molecule has 6 heteroatoms. The van der Waals surface area contributed by atoms with Gasteiger partial charge in [-0.05, 0) is 17.7 Å². The number of amides is 2. The minimum atomic E-state index is -0.301. The second kappa shape index (κ2) is 6.89. The summed E-state index contributed by atoms with van der Waals surface area (Å²) in [5.41, 5.74) is 6.71. The summed E-state index contributed by atoms with van der Waals surface area (Å²) in [5, 5.41) is 2.89. The molecule has 0 aromatic heterocycles. The molecule has 1 fully saturated rings. The average molecular weight is 276 g/mol. The molecule has 0 unspecified atom stereocenters. The van der Waals surface area contributed by atoms with Crippen LogP contribution >= 0.6 is 0 Å². The van der Waals surface area contributed by atoms with E-state index in [1.165, 1.54) is 17.0 Å². The number of hydrazine groups is 1. The van der Waals surface area contributed by atoms with E-state index in [2.05, 4.69) is 22.1 Å². The van der Waals surface area contributed by atoms with Crippen LogP contribution in [-0.4, -0.2) is 36.6 Å². The highest BCUT2D eigenvalue weighted by atomic mass is 19.1. The molecule has 3 N–H and O–H groups in total. The van der Waals surface area contributed by atoms with Gasteiger partial charge in [0.15, 0.2) is 0 Å². The number of hydrogen-bond donors (Lipinski definition) is 3. The van der Waals surface area contributed by atoms with E-state index in [-0.39, 0.29) is 24.4 Å². The lowest BCUT2D eigenvalue weighted by Crippen LogP contribution is -2.46. The Hall–Kier alpha value is -2.10. The van der Waals surface area contributed by atoms with Gasteiger partial charge in [-0.25, -0.2) is 9.18 Å². The van der Waals surface area contributed by atoms with Gasteiger partial charge in [-0.2, -0.15) is 0 Å². The highest BCUT2D eigenvalue weighted by Crippen LogP contribution is 2.07. The van der Waals surface area contributed by atoms with Crippen molar-refractivity contribution < 1.29 is 9.18 Å². The first-order valence-corrected chi connectivity index (χ1v) is 6.38. The molecule has 0 radical (unpaired) electrons. The normalized spacial score (nSPS) is 14.8. The summed E-state index contributed by atoms with van der Waals surface area (Å²) in [6, 6.07) is 5.84. The minimum absolute atomic E-state index is 0.0380. The number of nitrogens with zero attached hydrogens (tertiary/aromatic N) is 1. The van der Waals surface area contributed by atoms with Crippen LogP contribution in [0.5, 0.6) is 0 Å². The molecule has 0 aliphatic carbocycles. The molecular formula is C14H17FN4O. The van der Waals surface area contributed by atoms with Gasteiger partial charge in [0.1, 0.15) is 5.82 Å². The second-order valence-corrected chi connectivity index (χ2v) is 4.59. The topological polar surface area (TPSA) is 56.4 Å². The molecule has 1 heterocycles. The molecule has 1 saturated heterocycles. The number of nitrogens with one attached hydrogen (secondary N) is 3. The predicted molar refractivity (Wildman–Crippen MR) is 74.0 cm³/mol. The third-order valence-corrected chi connectivity index (χ3v) is 3.01. The monoisotopic (exact) mass is 276 g/mol. The summed E-state index contributed by atoms with van der Waals surface area (Å²) in [5.74, 6) is 2.16. The van der Waals surface area contributed by atoms with Crippen LogP contribution < -0.4 is 16.2 Å². The molecule has 0 saturated carbocycles. The van der Waals surface area contributed by atoms with E-state index in [9.17, 15) is 9.18 Å². The first-order chi connectivity index (χ1) is 9.69. The van der Waals surface area contributed by atoms with Crippen molar-refractivity contribution in [2.24, 2.45) is 0 Å². The first-order valence-electron chi connectivity index (χ1n) is 6.38. The summed E-state index contributed by atoms with van der Waals surface area (Å²) in [6.45, 7) is 1.90. The van der Waals surface area contributed by atoms with Crippen molar-refractivity contribution in [3.63, 3.8) is 0 Å². The molecule has 1 aliphatic rings. The van der Waals surface area contributed by atoms with E-state index in [0.717, 1.165) is 5.56 Å². The van der Waals surface area contributed by atoms with Crippen molar-refractivity contribution in [1.29, 1.82) is 0 Å². The van der Waals surface area contributed by atoms with Crippen LogP contribution in [0.15, 0.2) is 24.3 Å². The van der Waals surface area contributed by atoms with E-state index in [0.29, 0.717) is 19.6 Å². The SMILES string of the molecule is C#CCN(Cc1ccc(F)cc1)C(=O)NC1CNNC1. The highest BCUT2D eigenvalue weighted by molar-refractivity contribution is 5.75. The summed E-state index contributed by atoms with van der Waals surface area (Å²) < 4.78 is 12.9. The van der Waals surface area contributed by atoms with Gasteiger partial charge in [0.05, 0.1) is 12.6 Å². The maximum Gasteiger partial charge on any atom is 0.318 e. The lowest BCUT2D eigenvalue weighted by molar-refractivity contribution is 0.199.